The van der Waals surface area contributed by atoms with Crippen LogP contribution in [0.2, 0.25) is 0 Å². The van der Waals surface area contributed by atoms with E-state index < -0.39 is 0 Å². The Morgan fingerprint density at radius 3 is 2.72 bits per heavy atom. The summed E-state index contributed by atoms with van der Waals surface area (Å²) in [6.45, 7) is 10.9. The Balaban J connectivity index is 1.80. The van der Waals surface area contributed by atoms with E-state index in [2.05, 4.69) is 20.4 Å². The van der Waals surface area contributed by atoms with Crippen molar-refractivity contribution in [3.63, 3.8) is 0 Å². The number of allylic oxidation sites excluding steroid dienone is 1. The first-order valence-electron chi connectivity index (χ1n) is 10.2. The largest absolute Gasteiger partial charge is 0.462 e. The number of esters is 1. The minimum absolute atomic E-state index is 0.000833. The zero-order valence-corrected chi connectivity index (χ0v) is 16.1. The van der Waals surface area contributed by atoms with Crippen molar-refractivity contribution >= 4 is 5.97 Å². The van der Waals surface area contributed by atoms with Gasteiger partial charge in [0.25, 0.3) is 0 Å². The van der Waals surface area contributed by atoms with Gasteiger partial charge in [0.15, 0.2) is 0 Å². The molecule has 140 valence electrons. The van der Waals surface area contributed by atoms with Crippen LogP contribution in [-0.4, -0.2) is 23.8 Å². The molecule has 0 aliphatic heterocycles. The molecule has 4 aliphatic rings. The van der Waals surface area contributed by atoms with Crippen LogP contribution in [0.15, 0.2) is 12.2 Å². The van der Waals surface area contributed by atoms with E-state index in [1.54, 1.807) is 6.92 Å². The molecular formula is C22H34O3. The van der Waals surface area contributed by atoms with Gasteiger partial charge in [-0.2, -0.15) is 0 Å². The minimum Gasteiger partial charge on any atom is -0.462 e. The molecule has 0 radical (unpaired) electrons. The quantitative estimate of drug-likeness (QED) is 0.592. The summed E-state index contributed by atoms with van der Waals surface area (Å²) in [5.74, 6) is 1.50. The van der Waals surface area contributed by atoms with Crippen LogP contribution in [0.4, 0.5) is 0 Å². The summed E-state index contributed by atoms with van der Waals surface area (Å²) < 4.78 is 6.00. The molecule has 4 aliphatic carbocycles. The molecule has 0 aromatic rings. The normalized spacial score (nSPS) is 51.6. The monoisotopic (exact) mass is 346 g/mol. The number of hydrogen-bond donors (Lipinski definition) is 1. The number of fused-ring (bicyclic) bond motifs is 3. The van der Waals surface area contributed by atoms with Gasteiger partial charge in [-0.25, -0.2) is 0 Å². The Kier molecular flexibility index (Phi) is 3.92. The molecule has 4 rings (SSSR count). The number of carbonyl (C=O) groups excluding carboxylic acids is 1. The lowest BCUT2D eigenvalue weighted by Gasteiger charge is -2.65. The zero-order valence-electron chi connectivity index (χ0n) is 16.1. The van der Waals surface area contributed by atoms with Crippen LogP contribution in [0, 0.1) is 34.0 Å². The van der Waals surface area contributed by atoms with Crippen LogP contribution in [0.1, 0.15) is 72.1 Å². The van der Waals surface area contributed by atoms with E-state index >= 15 is 0 Å². The van der Waals surface area contributed by atoms with Crippen molar-refractivity contribution in [1.29, 1.82) is 0 Å². The second-order valence-electron chi connectivity index (χ2n) is 10.2. The Bertz CT molecular complexity index is 598. The number of rotatable bonds is 2. The van der Waals surface area contributed by atoms with Crippen LogP contribution < -0.4 is 0 Å². The number of carbonyl (C=O) groups is 1. The van der Waals surface area contributed by atoms with Crippen molar-refractivity contribution < 1.29 is 14.6 Å². The lowest BCUT2D eigenvalue weighted by Crippen LogP contribution is -2.62. The molecule has 0 unspecified atom stereocenters. The van der Waals surface area contributed by atoms with Gasteiger partial charge in [0.05, 0.1) is 0 Å². The van der Waals surface area contributed by atoms with Gasteiger partial charge < -0.3 is 9.84 Å². The van der Waals surface area contributed by atoms with Crippen molar-refractivity contribution in [2.75, 3.05) is 6.61 Å². The van der Waals surface area contributed by atoms with E-state index in [1.165, 1.54) is 31.3 Å². The molecule has 25 heavy (non-hydrogen) atoms. The van der Waals surface area contributed by atoms with E-state index in [1.807, 2.05) is 0 Å². The average Bonchev–Trinajstić information content (AvgIpc) is 2.79. The maximum absolute atomic E-state index is 11.9. The van der Waals surface area contributed by atoms with E-state index in [0.29, 0.717) is 17.8 Å². The van der Waals surface area contributed by atoms with Crippen molar-refractivity contribution in [3.05, 3.63) is 12.2 Å². The zero-order chi connectivity index (χ0) is 18.0. The molecule has 2 bridgehead atoms. The van der Waals surface area contributed by atoms with Crippen LogP contribution in [0.25, 0.3) is 0 Å². The van der Waals surface area contributed by atoms with Crippen molar-refractivity contribution in [2.45, 2.75) is 78.2 Å². The maximum Gasteiger partial charge on any atom is 0.302 e. The fourth-order valence-corrected chi connectivity index (χ4v) is 7.92. The third-order valence-corrected chi connectivity index (χ3v) is 8.91. The summed E-state index contributed by atoms with van der Waals surface area (Å²) in [4.78, 5) is 11.9. The van der Waals surface area contributed by atoms with Crippen LogP contribution in [-0.2, 0) is 9.53 Å². The third kappa shape index (κ3) is 2.30. The molecule has 0 saturated heterocycles. The first kappa shape index (κ1) is 17.6. The van der Waals surface area contributed by atoms with Gasteiger partial charge in [0.1, 0.15) is 6.10 Å². The molecule has 7 atom stereocenters. The molecule has 0 amide bonds. The van der Waals surface area contributed by atoms with E-state index in [9.17, 15) is 9.90 Å². The van der Waals surface area contributed by atoms with Gasteiger partial charge in [-0.1, -0.05) is 32.4 Å². The highest BCUT2D eigenvalue weighted by molar-refractivity contribution is 5.66. The first-order valence-corrected chi connectivity index (χ1v) is 10.2. The lowest BCUT2D eigenvalue weighted by atomic mass is 9.40. The van der Waals surface area contributed by atoms with Gasteiger partial charge in [0.2, 0.25) is 0 Å². The summed E-state index contributed by atoms with van der Waals surface area (Å²) in [7, 11) is 0. The van der Waals surface area contributed by atoms with Gasteiger partial charge in [-0.15, -0.1) is 0 Å². The van der Waals surface area contributed by atoms with E-state index in [-0.39, 0.29) is 34.9 Å². The lowest BCUT2D eigenvalue weighted by molar-refractivity contribution is -0.218. The van der Waals surface area contributed by atoms with E-state index in [4.69, 9.17) is 4.74 Å². The topological polar surface area (TPSA) is 46.5 Å². The van der Waals surface area contributed by atoms with E-state index in [0.717, 1.165) is 25.7 Å². The number of hydrogen-bond acceptors (Lipinski definition) is 3. The highest BCUT2D eigenvalue weighted by atomic mass is 16.5. The summed E-state index contributed by atoms with van der Waals surface area (Å²) in [5, 5.41) is 10.2. The second-order valence-corrected chi connectivity index (χ2v) is 10.2. The summed E-state index contributed by atoms with van der Waals surface area (Å²) in [6.07, 6.45) is 9.15. The van der Waals surface area contributed by atoms with Crippen molar-refractivity contribution in [3.8, 4) is 0 Å². The molecule has 1 N–H and O–H groups in total. The second kappa shape index (κ2) is 5.58. The molecule has 0 aromatic heterocycles. The van der Waals surface area contributed by atoms with Crippen molar-refractivity contribution in [1.82, 2.24) is 0 Å². The van der Waals surface area contributed by atoms with Gasteiger partial charge in [0, 0.05) is 18.9 Å². The SMILES string of the molecule is C=C1C[C@]23C[C@H]1CC[C@H]2[C@]1(C)CCC[C@](C)(CO)[C@H]1C[C@@H]3OC(C)=O. The molecular weight excluding hydrogens is 312 g/mol. The molecule has 3 nitrogen and oxygen atoms in total. The smallest absolute Gasteiger partial charge is 0.302 e. The first-order chi connectivity index (χ1) is 11.7. The number of aliphatic hydroxyl groups excluding tert-OH is 1. The molecule has 0 aromatic carbocycles. The van der Waals surface area contributed by atoms with Crippen LogP contribution in [0.3, 0.4) is 0 Å². The summed E-state index contributed by atoms with van der Waals surface area (Å²) >= 11 is 0. The molecule has 0 heterocycles. The van der Waals surface area contributed by atoms with Gasteiger partial charge in [-0.3, -0.25) is 4.79 Å². The fraction of sp³-hybridized carbons (Fsp3) is 0.864. The summed E-state index contributed by atoms with van der Waals surface area (Å²) in [5.41, 5.74) is 1.70. The van der Waals surface area contributed by atoms with Gasteiger partial charge in [-0.05, 0) is 73.5 Å². The standard InChI is InChI=1S/C22H34O3/c1-14-11-22-12-16(14)6-7-17(22)21(4)9-5-8-20(3,13-23)18(21)10-19(22)25-15(2)24/h16-19,23H,1,5-13H2,2-4H3/t16-,17+,18-,19+,20-,21+,22+/m1/s1. The number of aliphatic hydroxyl groups is 1. The molecule has 4 fully saturated rings. The number of ether oxygens (including phenoxy) is 1. The third-order valence-electron chi connectivity index (χ3n) is 8.91. The minimum atomic E-state index is -0.150. The Morgan fingerprint density at radius 1 is 1.28 bits per heavy atom. The van der Waals surface area contributed by atoms with Gasteiger partial charge >= 0.3 is 5.97 Å². The maximum atomic E-state index is 11.9. The highest BCUT2D eigenvalue weighted by Crippen LogP contribution is 2.72. The Labute approximate surface area is 152 Å². The predicted molar refractivity (Wildman–Crippen MR) is 97.8 cm³/mol. The van der Waals surface area contributed by atoms with Crippen molar-refractivity contribution in [2.24, 2.45) is 34.0 Å². The summed E-state index contributed by atoms with van der Waals surface area (Å²) in [6, 6.07) is 0. The molecule has 4 saturated carbocycles. The van der Waals surface area contributed by atoms with Crippen LogP contribution >= 0.6 is 0 Å². The highest BCUT2D eigenvalue weighted by Gasteiger charge is 2.67. The fourth-order valence-electron chi connectivity index (χ4n) is 7.92. The Hall–Kier alpha value is -0.830. The van der Waals surface area contributed by atoms with Crippen LogP contribution in [0.5, 0.6) is 0 Å². The Morgan fingerprint density at radius 2 is 2.04 bits per heavy atom. The average molecular weight is 347 g/mol. The predicted octanol–water partition coefficient (Wildman–Crippen LogP) is 4.49. The molecule has 3 heteroatoms. The molecule has 1 spiro atoms.